The van der Waals surface area contributed by atoms with E-state index in [1.807, 2.05) is 17.0 Å². The zero-order valence-electron chi connectivity index (χ0n) is 23.8. The molecular formula is C34H29F2N3O4S. The van der Waals surface area contributed by atoms with E-state index in [2.05, 4.69) is 17.2 Å². The van der Waals surface area contributed by atoms with Crippen LogP contribution in [-0.2, 0) is 21.9 Å². The summed E-state index contributed by atoms with van der Waals surface area (Å²) in [7, 11) is 0. The molecule has 10 heteroatoms. The van der Waals surface area contributed by atoms with Gasteiger partial charge in [0, 0.05) is 59.3 Å². The van der Waals surface area contributed by atoms with Crippen molar-refractivity contribution in [3.05, 3.63) is 100 Å². The van der Waals surface area contributed by atoms with Crippen molar-refractivity contribution in [1.82, 2.24) is 15.1 Å². The highest BCUT2D eigenvalue weighted by Crippen LogP contribution is 2.30. The monoisotopic (exact) mass is 613 g/mol. The Morgan fingerprint density at radius 2 is 1.77 bits per heavy atom. The number of amides is 4. The topological polar surface area (TPSA) is 86.8 Å². The molecule has 0 radical (unpaired) electrons. The molecule has 224 valence electrons. The van der Waals surface area contributed by atoms with E-state index in [0.29, 0.717) is 49.2 Å². The standard InChI is InChI=1S/C34H29F2N3O4S/c35-25-9-10-28(36)30(18-25)44-20-22-3-1-5-24(17-22)33(42)38-15-13-21(14-16-38)7-8-23-4-2-6-26-27(23)19-39(34(26)43)29-11-12-31(40)37-32(29)41/h1-6,9-10,17-18,21,29H,11-16,19-20H2,(H,37,40,41). The van der Waals surface area contributed by atoms with Crippen molar-refractivity contribution in [2.24, 2.45) is 5.92 Å². The van der Waals surface area contributed by atoms with Gasteiger partial charge in [0.1, 0.15) is 17.7 Å². The minimum absolute atomic E-state index is 0.0758. The van der Waals surface area contributed by atoms with Crippen LogP contribution in [0.3, 0.4) is 0 Å². The lowest BCUT2D eigenvalue weighted by Crippen LogP contribution is -2.52. The Hall–Kier alpha value is -4.49. The maximum Gasteiger partial charge on any atom is 0.255 e. The molecule has 0 aromatic heterocycles. The van der Waals surface area contributed by atoms with Crippen LogP contribution in [0, 0.1) is 29.4 Å². The van der Waals surface area contributed by atoms with Crippen LogP contribution in [0.5, 0.6) is 0 Å². The van der Waals surface area contributed by atoms with E-state index in [4.69, 9.17) is 0 Å². The fraction of sp³-hybridized carbons (Fsp3) is 0.294. The van der Waals surface area contributed by atoms with Crippen LogP contribution in [0.1, 0.15) is 63.1 Å². The Morgan fingerprint density at radius 3 is 2.57 bits per heavy atom. The lowest BCUT2D eigenvalue weighted by molar-refractivity contribution is -0.136. The number of imide groups is 1. The number of nitrogens with zero attached hydrogens (tertiary/aromatic N) is 2. The molecule has 0 saturated carbocycles. The van der Waals surface area contributed by atoms with Gasteiger partial charge in [-0.3, -0.25) is 24.5 Å². The highest BCUT2D eigenvalue weighted by atomic mass is 32.2. The zero-order chi connectivity index (χ0) is 30.8. The molecule has 0 spiro atoms. The van der Waals surface area contributed by atoms with E-state index < -0.39 is 23.6 Å². The van der Waals surface area contributed by atoms with E-state index in [1.165, 1.54) is 22.7 Å². The summed E-state index contributed by atoms with van der Waals surface area (Å²) in [5.74, 6) is 5.04. The number of nitrogens with one attached hydrogen (secondary N) is 1. The molecule has 1 unspecified atom stereocenters. The Bertz CT molecular complexity index is 1720. The van der Waals surface area contributed by atoms with Crippen molar-refractivity contribution in [1.29, 1.82) is 0 Å². The van der Waals surface area contributed by atoms with Crippen LogP contribution < -0.4 is 5.32 Å². The molecule has 3 aromatic rings. The lowest BCUT2D eigenvalue weighted by atomic mass is 9.95. The number of rotatable bonds is 5. The Labute approximate surface area is 258 Å². The van der Waals surface area contributed by atoms with Crippen molar-refractivity contribution in [3.63, 3.8) is 0 Å². The molecule has 4 amide bonds. The van der Waals surface area contributed by atoms with Crippen molar-refractivity contribution < 1.29 is 28.0 Å². The molecule has 1 atom stereocenters. The summed E-state index contributed by atoms with van der Waals surface area (Å²) in [5, 5.41) is 2.32. The predicted molar refractivity (Wildman–Crippen MR) is 160 cm³/mol. The summed E-state index contributed by atoms with van der Waals surface area (Å²) in [4.78, 5) is 53.9. The highest BCUT2D eigenvalue weighted by Gasteiger charge is 2.39. The number of fused-ring (bicyclic) bond motifs is 1. The number of piperidine rings is 2. The van der Waals surface area contributed by atoms with Crippen molar-refractivity contribution >= 4 is 35.4 Å². The van der Waals surface area contributed by atoms with Crippen LogP contribution in [-0.4, -0.2) is 52.6 Å². The average molecular weight is 614 g/mol. The Balaban J connectivity index is 1.06. The summed E-state index contributed by atoms with van der Waals surface area (Å²) in [6, 6.07) is 15.3. The van der Waals surface area contributed by atoms with Crippen LogP contribution in [0.2, 0.25) is 0 Å². The first-order valence-corrected chi connectivity index (χ1v) is 15.5. The first kappa shape index (κ1) is 29.6. The van der Waals surface area contributed by atoms with Gasteiger partial charge in [0.15, 0.2) is 0 Å². The van der Waals surface area contributed by atoms with E-state index in [1.54, 1.807) is 30.3 Å². The third-order valence-electron chi connectivity index (χ3n) is 8.24. The van der Waals surface area contributed by atoms with Gasteiger partial charge in [0.05, 0.1) is 0 Å². The quantitative estimate of drug-likeness (QED) is 0.251. The number of thioether (sulfide) groups is 1. The second-order valence-corrected chi connectivity index (χ2v) is 12.1. The van der Waals surface area contributed by atoms with Crippen LogP contribution >= 0.6 is 11.8 Å². The molecule has 6 rings (SSSR count). The average Bonchev–Trinajstić information content (AvgIpc) is 3.37. The van der Waals surface area contributed by atoms with Gasteiger partial charge in [-0.05, 0) is 72.9 Å². The van der Waals surface area contributed by atoms with E-state index in [-0.39, 0.29) is 41.5 Å². The van der Waals surface area contributed by atoms with Gasteiger partial charge in [0.2, 0.25) is 11.8 Å². The van der Waals surface area contributed by atoms with Crippen LogP contribution in [0.15, 0.2) is 65.6 Å². The van der Waals surface area contributed by atoms with Crippen molar-refractivity contribution in [3.8, 4) is 11.8 Å². The third-order valence-corrected chi connectivity index (χ3v) is 9.34. The summed E-state index contributed by atoms with van der Waals surface area (Å²) >= 11 is 1.18. The van der Waals surface area contributed by atoms with E-state index >= 15 is 0 Å². The highest BCUT2D eigenvalue weighted by molar-refractivity contribution is 7.98. The zero-order valence-corrected chi connectivity index (χ0v) is 24.6. The van der Waals surface area contributed by atoms with Gasteiger partial charge < -0.3 is 9.80 Å². The molecule has 1 N–H and O–H groups in total. The summed E-state index contributed by atoms with van der Waals surface area (Å²) in [6.45, 7) is 1.38. The van der Waals surface area contributed by atoms with Crippen molar-refractivity contribution in [2.75, 3.05) is 13.1 Å². The number of likely N-dealkylation sites (tertiary alicyclic amines) is 1. The molecular weight excluding hydrogens is 584 g/mol. The molecule has 44 heavy (non-hydrogen) atoms. The van der Waals surface area contributed by atoms with Gasteiger partial charge in [-0.25, -0.2) is 8.78 Å². The lowest BCUT2D eigenvalue weighted by Gasteiger charge is -2.30. The second-order valence-electron chi connectivity index (χ2n) is 11.1. The maximum absolute atomic E-state index is 14.0. The number of hydrogen-bond acceptors (Lipinski definition) is 5. The van der Waals surface area contributed by atoms with Crippen molar-refractivity contribution in [2.45, 2.75) is 48.9 Å². The molecule has 3 aliphatic heterocycles. The normalized spacial score (nSPS) is 18.5. The number of hydrogen-bond donors (Lipinski definition) is 1. The molecule has 0 bridgehead atoms. The second kappa shape index (κ2) is 12.6. The summed E-state index contributed by atoms with van der Waals surface area (Å²) < 4.78 is 27.5. The minimum Gasteiger partial charge on any atom is -0.339 e. The Kier molecular flexibility index (Phi) is 8.49. The molecule has 0 aliphatic carbocycles. The summed E-state index contributed by atoms with van der Waals surface area (Å²) in [5.41, 5.74) is 3.47. The van der Waals surface area contributed by atoms with Gasteiger partial charge >= 0.3 is 0 Å². The van der Waals surface area contributed by atoms with Gasteiger partial charge in [-0.1, -0.05) is 30.0 Å². The van der Waals surface area contributed by atoms with E-state index in [0.717, 1.165) is 28.8 Å². The number of carbonyl (C=O) groups excluding carboxylic acids is 4. The fourth-order valence-electron chi connectivity index (χ4n) is 5.84. The maximum atomic E-state index is 14.0. The first-order chi connectivity index (χ1) is 21.3. The van der Waals surface area contributed by atoms with Gasteiger partial charge in [-0.2, -0.15) is 0 Å². The molecule has 3 aliphatic rings. The van der Waals surface area contributed by atoms with E-state index in [9.17, 15) is 28.0 Å². The fourth-order valence-corrected chi connectivity index (χ4v) is 6.74. The van der Waals surface area contributed by atoms with Gasteiger partial charge in [0.25, 0.3) is 11.8 Å². The summed E-state index contributed by atoms with van der Waals surface area (Å²) in [6.07, 6.45) is 1.93. The Morgan fingerprint density at radius 1 is 0.977 bits per heavy atom. The molecule has 7 nitrogen and oxygen atoms in total. The largest absolute Gasteiger partial charge is 0.339 e. The van der Waals surface area contributed by atoms with Gasteiger partial charge in [-0.15, -0.1) is 11.8 Å². The SMILES string of the molecule is O=C1CCC(N2Cc3c(C#CC4CCN(C(=O)c5cccc(CSc6cc(F)ccc6F)c5)CC4)cccc3C2=O)C(=O)N1. The molecule has 3 aromatic carbocycles. The smallest absolute Gasteiger partial charge is 0.255 e. The van der Waals surface area contributed by atoms with Crippen LogP contribution in [0.25, 0.3) is 0 Å². The number of benzene rings is 3. The molecule has 2 saturated heterocycles. The predicted octanol–water partition coefficient (Wildman–Crippen LogP) is 4.92. The number of halogens is 2. The first-order valence-electron chi connectivity index (χ1n) is 14.5. The molecule has 2 fully saturated rings. The number of carbonyl (C=O) groups is 4. The third kappa shape index (κ3) is 6.24. The minimum atomic E-state index is -0.675. The molecule has 3 heterocycles. The van der Waals surface area contributed by atoms with Crippen LogP contribution in [0.4, 0.5) is 8.78 Å².